The number of pyridine rings is 1. The molecule has 0 aliphatic rings. The first-order chi connectivity index (χ1) is 18.0. The SMILES string of the molecule is COc1cc(Nc2[nH]nc(-c3ccc(NC(=O)/C(C=N)=C/Nc4ccccc4)cc3)c2C(N)=O)ccn1. The Hall–Kier alpha value is -5.45. The van der Waals surface area contributed by atoms with E-state index in [4.69, 9.17) is 15.9 Å². The van der Waals surface area contributed by atoms with Crippen LogP contribution in [-0.4, -0.2) is 40.3 Å². The van der Waals surface area contributed by atoms with Gasteiger partial charge in [0.05, 0.1) is 12.7 Å². The van der Waals surface area contributed by atoms with Crippen molar-refractivity contribution in [3.63, 3.8) is 0 Å². The number of hydrogen-bond donors (Lipinski definition) is 6. The van der Waals surface area contributed by atoms with E-state index in [0.29, 0.717) is 34.3 Å². The van der Waals surface area contributed by atoms with Crippen LogP contribution < -0.4 is 26.4 Å². The number of aromatic amines is 1. The normalized spacial score (nSPS) is 10.9. The number of carbonyl (C=O) groups excluding carboxylic acids is 2. The lowest BCUT2D eigenvalue weighted by molar-refractivity contribution is -0.112. The minimum atomic E-state index is -0.670. The van der Waals surface area contributed by atoms with E-state index >= 15 is 0 Å². The third kappa shape index (κ3) is 5.98. The molecule has 0 saturated carbocycles. The quantitative estimate of drug-likeness (QED) is 0.143. The van der Waals surface area contributed by atoms with Gasteiger partial charge in [0.25, 0.3) is 11.8 Å². The lowest BCUT2D eigenvalue weighted by Crippen LogP contribution is -2.16. The molecule has 2 aromatic carbocycles. The summed E-state index contributed by atoms with van der Waals surface area (Å²) < 4.78 is 5.12. The summed E-state index contributed by atoms with van der Waals surface area (Å²) in [6.45, 7) is 0. The predicted molar refractivity (Wildman–Crippen MR) is 142 cm³/mol. The van der Waals surface area contributed by atoms with Crippen molar-refractivity contribution in [1.29, 1.82) is 5.41 Å². The summed E-state index contributed by atoms with van der Waals surface area (Å²) in [6.07, 6.45) is 3.99. The largest absolute Gasteiger partial charge is 0.481 e. The van der Waals surface area contributed by atoms with Gasteiger partial charge in [0, 0.05) is 47.3 Å². The summed E-state index contributed by atoms with van der Waals surface area (Å²) in [7, 11) is 1.51. The third-order valence-corrected chi connectivity index (χ3v) is 5.23. The van der Waals surface area contributed by atoms with Crippen LogP contribution in [0.15, 0.2) is 84.7 Å². The molecule has 0 atom stereocenters. The maximum Gasteiger partial charge on any atom is 0.258 e. The van der Waals surface area contributed by atoms with Crippen LogP contribution in [0.25, 0.3) is 11.3 Å². The number of nitrogens with one attached hydrogen (secondary N) is 5. The van der Waals surface area contributed by atoms with E-state index in [1.807, 2.05) is 30.3 Å². The van der Waals surface area contributed by atoms with E-state index in [9.17, 15) is 9.59 Å². The van der Waals surface area contributed by atoms with Crippen molar-refractivity contribution in [2.75, 3.05) is 23.1 Å². The zero-order chi connectivity index (χ0) is 26.2. The number of benzene rings is 2. The molecule has 0 saturated heterocycles. The lowest BCUT2D eigenvalue weighted by Gasteiger charge is -2.08. The molecular formula is C26H24N8O3. The second kappa shape index (κ2) is 11.3. The Morgan fingerprint density at radius 1 is 1.03 bits per heavy atom. The Morgan fingerprint density at radius 2 is 1.78 bits per heavy atom. The van der Waals surface area contributed by atoms with Gasteiger partial charge >= 0.3 is 0 Å². The molecule has 2 amide bonds. The Bertz CT molecular complexity index is 1450. The van der Waals surface area contributed by atoms with Crippen molar-refractivity contribution in [3.05, 3.63) is 90.3 Å². The van der Waals surface area contributed by atoms with Crippen molar-refractivity contribution in [2.24, 2.45) is 5.73 Å². The standard InChI is InChI=1S/C26H24N8O3/c1-37-21-13-20(11-12-29-21)31-25-22(24(28)35)23(33-34-25)16-7-9-19(10-8-16)32-26(36)17(14-27)15-30-18-5-3-2-4-6-18/h2-15,27,30H,1H3,(H2,28,35)(H,32,36)(H2,29,31,33,34)/b17-15+,27-14?. The van der Waals surface area contributed by atoms with Crippen molar-refractivity contribution < 1.29 is 14.3 Å². The Morgan fingerprint density at radius 3 is 2.46 bits per heavy atom. The van der Waals surface area contributed by atoms with Crippen molar-refractivity contribution in [1.82, 2.24) is 15.2 Å². The summed E-state index contributed by atoms with van der Waals surface area (Å²) in [5.41, 5.74) is 8.84. The number of nitrogens with two attached hydrogens (primary N) is 1. The number of hydrogen-bond acceptors (Lipinski definition) is 8. The van der Waals surface area contributed by atoms with Gasteiger partial charge < -0.3 is 31.8 Å². The van der Waals surface area contributed by atoms with E-state index in [-0.39, 0.29) is 11.1 Å². The van der Waals surface area contributed by atoms with Crippen LogP contribution in [0.3, 0.4) is 0 Å². The first kappa shape index (κ1) is 24.7. The molecule has 7 N–H and O–H groups in total. The number of ether oxygens (including phenoxy) is 1. The van der Waals surface area contributed by atoms with Crippen LogP contribution >= 0.6 is 0 Å². The van der Waals surface area contributed by atoms with Gasteiger partial charge in [-0.05, 0) is 30.3 Å². The van der Waals surface area contributed by atoms with Gasteiger partial charge in [-0.1, -0.05) is 30.3 Å². The summed E-state index contributed by atoms with van der Waals surface area (Å²) in [6, 6.07) is 19.4. The molecule has 0 fully saturated rings. The number of nitrogens with zero attached hydrogens (tertiary/aromatic N) is 2. The van der Waals surface area contributed by atoms with Crippen molar-refractivity contribution in [3.8, 4) is 17.1 Å². The molecule has 4 rings (SSSR count). The van der Waals surface area contributed by atoms with Crippen LogP contribution in [0.4, 0.5) is 22.9 Å². The molecule has 0 bridgehead atoms. The lowest BCUT2D eigenvalue weighted by atomic mass is 10.1. The molecule has 2 aromatic heterocycles. The molecular weight excluding hydrogens is 472 g/mol. The molecule has 4 aromatic rings. The fraction of sp³-hybridized carbons (Fsp3) is 0.0385. The van der Waals surface area contributed by atoms with Gasteiger partial charge in [0.2, 0.25) is 5.88 Å². The van der Waals surface area contributed by atoms with E-state index in [1.54, 1.807) is 42.6 Å². The number of anilines is 4. The maximum absolute atomic E-state index is 12.6. The molecule has 0 aliphatic carbocycles. The smallest absolute Gasteiger partial charge is 0.258 e. The number of H-pyrrole nitrogens is 1. The third-order valence-electron chi connectivity index (χ3n) is 5.23. The summed E-state index contributed by atoms with van der Waals surface area (Å²) in [5.74, 6) is -0.404. The van der Waals surface area contributed by atoms with Crippen molar-refractivity contribution in [2.45, 2.75) is 0 Å². The zero-order valence-corrected chi connectivity index (χ0v) is 19.8. The summed E-state index contributed by atoms with van der Waals surface area (Å²) >= 11 is 0. The molecule has 0 unspecified atom stereocenters. The highest BCUT2D eigenvalue weighted by Crippen LogP contribution is 2.30. The molecule has 0 spiro atoms. The number of amides is 2. The fourth-order valence-electron chi connectivity index (χ4n) is 3.41. The second-order valence-corrected chi connectivity index (χ2v) is 7.68. The summed E-state index contributed by atoms with van der Waals surface area (Å²) in [4.78, 5) is 28.9. The number of primary amides is 1. The highest BCUT2D eigenvalue weighted by molar-refractivity contribution is 6.17. The first-order valence-corrected chi connectivity index (χ1v) is 11.1. The fourth-order valence-corrected chi connectivity index (χ4v) is 3.41. The van der Waals surface area contributed by atoms with E-state index in [1.165, 1.54) is 13.3 Å². The number of carbonyl (C=O) groups is 2. The van der Waals surface area contributed by atoms with Crippen molar-refractivity contribution >= 4 is 40.9 Å². The molecule has 0 radical (unpaired) electrons. The van der Waals surface area contributed by atoms with E-state index in [0.717, 1.165) is 11.9 Å². The molecule has 2 heterocycles. The Balaban J connectivity index is 1.50. The molecule has 186 valence electrons. The van der Waals surface area contributed by atoms with Gasteiger partial charge in [0.1, 0.15) is 17.1 Å². The van der Waals surface area contributed by atoms with Crippen LogP contribution in [0, 0.1) is 5.41 Å². The number of para-hydroxylation sites is 1. The van der Waals surface area contributed by atoms with Gasteiger partial charge in [-0.2, -0.15) is 5.10 Å². The monoisotopic (exact) mass is 496 g/mol. The van der Waals surface area contributed by atoms with E-state index in [2.05, 4.69) is 31.1 Å². The molecule has 11 nitrogen and oxygen atoms in total. The number of methoxy groups -OCH3 is 1. The summed E-state index contributed by atoms with van der Waals surface area (Å²) in [5, 5.41) is 23.4. The second-order valence-electron chi connectivity index (χ2n) is 7.68. The first-order valence-electron chi connectivity index (χ1n) is 11.1. The minimum Gasteiger partial charge on any atom is -0.481 e. The van der Waals surface area contributed by atoms with Gasteiger partial charge in [-0.3, -0.25) is 14.7 Å². The zero-order valence-electron chi connectivity index (χ0n) is 19.8. The maximum atomic E-state index is 12.6. The predicted octanol–water partition coefficient (Wildman–Crippen LogP) is 3.91. The average molecular weight is 497 g/mol. The van der Waals surface area contributed by atoms with Gasteiger partial charge in [-0.25, -0.2) is 4.98 Å². The molecule has 0 aliphatic heterocycles. The van der Waals surface area contributed by atoms with Gasteiger partial charge in [0.15, 0.2) is 0 Å². The Labute approximate surface area is 212 Å². The highest BCUT2D eigenvalue weighted by Gasteiger charge is 2.20. The minimum absolute atomic E-state index is 0.139. The number of aromatic nitrogens is 3. The van der Waals surface area contributed by atoms with Crippen LogP contribution in [0.5, 0.6) is 5.88 Å². The highest BCUT2D eigenvalue weighted by atomic mass is 16.5. The van der Waals surface area contributed by atoms with Crippen LogP contribution in [0.1, 0.15) is 10.4 Å². The van der Waals surface area contributed by atoms with Crippen LogP contribution in [-0.2, 0) is 4.79 Å². The molecule has 37 heavy (non-hydrogen) atoms. The molecule has 11 heteroatoms. The van der Waals surface area contributed by atoms with E-state index < -0.39 is 11.8 Å². The topological polar surface area (TPSA) is 171 Å². The Kier molecular flexibility index (Phi) is 7.55. The average Bonchev–Trinajstić information content (AvgIpc) is 3.34. The van der Waals surface area contributed by atoms with Gasteiger partial charge in [-0.15, -0.1) is 0 Å². The van der Waals surface area contributed by atoms with Crippen LogP contribution in [0.2, 0.25) is 0 Å². The number of rotatable bonds is 10.